The standard InChI is InChI=1S/C20H10ClFN8/c21-15-8-13(2-1-7-23)9-16(22)18(15)30-19-17(28-29-30)11-25-20(27-19)26-14-5-3-12(10-24)4-6-14/h1-6,8-9,11H,(H,25,26,27)/b2-1+. The van der Waals surface area contributed by atoms with E-state index in [9.17, 15) is 4.39 Å². The molecule has 0 unspecified atom stereocenters. The Morgan fingerprint density at radius 1 is 1.17 bits per heavy atom. The highest BCUT2D eigenvalue weighted by atomic mass is 35.5. The van der Waals surface area contributed by atoms with Crippen molar-refractivity contribution < 1.29 is 4.39 Å². The van der Waals surface area contributed by atoms with Gasteiger partial charge in [-0.3, -0.25) is 0 Å². The first kappa shape index (κ1) is 19.0. The summed E-state index contributed by atoms with van der Waals surface area (Å²) in [6.07, 6.45) is 4.12. The lowest BCUT2D eigenvalue weighted by atomic mass is 10.2. The molecule has 8 nitrogen and oxygen atoms in total. The predicted molar refractivity (Wildman–Crippen MR) is 109 cm³/mol. The maximum absolute atomic E-state index is 14.8. The molecule has 0 amide bonds. The minimum absolute atomic E-state index is 0.0173. The third-order valence-electron chi connectivity index (χ3n) is 4.06. The average molecular weight is 417 g/mol. The first-order valence-electron chi connectivity index (χ1n) is 8.50. The molecule has 0 aliphatic carbocycles. The monoisotopic (exact) mass is 416 g/mol. The molecule has 4 aromatic rings. The zero-order valence-electron chi connectivity index (χ0n) is 15.1. The molecule has 2 aromatic heterocycles. The summed E-state index contributed by atoms with van der Waals surface area (Å²) in [7, 11) is 0. The third-order valence-corrected chi connectivity index (χ3v) is 4.35. The fourth-order valence-electron chi connectivity index (χ4n) is 2.71. The van der Waals surface area contributed by atoms with Crippen molar-refractivity contribution in [2.75, 3.05) is 5.32 Å². The van der Waals surface area contributed by atoms with Crippen LogP contribution in [0.5, 0.6) is 0 Å². The lowest BCUT2D eigenvalue weighted by molar-refractivity contribution is 0.609. The molecule has 0 aliphatic rings. The van der Waals surface area contributed by atoms with Crippen molar-refractivity contribution in [2.45, 2.75) is 0 Å². The van der Waals surface area contributed by atoms with E-state index in [-0.39, 0.29) is 22.3 Å². The Bertz CT molecular complexity index is 1340. The summed E-state index contributed by atoms with van der Waals surface area (Å²) in [6, 6.07) is 13.4. The van der Waals surface area contributed by atoms with Crippen LogP contribution in [0.4, 0.5) is 16.0 Å². The van der Waals surface area contributed by atoms with Gasteiger partial charge in [-0.1, -0.05) is 16.8 Å². The van der Waals surface area contributed by atoms with Crippen LogP contribution in [0, 0.1) is 28.5 Å². The van der Waals surface area contributed by atoms with Crippen LogP contribution in [0.3, 0.4) is 0 Å². The maximum atomic E-state index is 14.8. The summed E-state index contributed by atoms with van der Waals surface area (Å²) in [5.41, 5.74) is 2.22. The Morgan fingerprint density at radius 3 is 2.67 bits per heavy atom. The van der Waals surface area contributed by atoms with Crippen LogP contribution < -0.4 is 5.32 Å². The zero-order valence-corrected chi connectivity index (χ0v) is 15.8. The molecule has 0 spiro atoms. The molecule has 30 heavy (non-hydrogen) atoms. The summed E-state index contributed by atoms with van der Waals surface area (Å²) in [5.74, 6) is -0.409. The van der Waals surface area contributed by atoms with Gasteiger partial charge in [0.05, 0.1) is 28.9 Å². The summed E-state index contributed by atoms with van der Waals surface area (Å²) >= 11 is 6.27. The molecule has 2 aromatic carbocycles. The molecule has 0 radical (unpaired) electrons. The second-order valence-electron chi connectivity index (χ2n) is 6.01. The molecule has 0 bridgehead atoms. The van der Waals surface area contributed by atoms with Crippen LogP contribution in [0.1, 0.15) is 11.1 Å². The van der Waals surface area contributed by atoms with E-state index in [1.807, 2.05) is 12.1 Å². The minimum Gasteiger partial charge on any atom is -0.324 e. The summed E-state index contributed by atoms with van der Waals surface area (Å²) in [5, 5.41) is 28.5. The highest BCUT2D eigenvalue weighted by molar-refractivity contribution is 6.32. The Labute approximate surface area is 174 Å². The molecule has 0 saturated carbocycles. The van der Waals surface area contributed by atoms with Crippen LogP contribution >= 0.6 is 11.6 Å². The van der Waals surface area contributed by atoms with E-state index in [2.05, 4.69) is 25.6 Å². The molecule has 0 atom stereocenters. The van der Waals surface area contributed by atoms with Gasteiger partial charge in [0.25, 0.3) is 0 Å². The van der Waals surface area contributed by atoms with Crippen molar-refractivity contribution >= 4 is 40.5 Å². The van der Waals surface area contributed by atoms with Gasteiger partial charge in [0.15, 0.2) is 17.0 Å². The Hall–Kier alpha value is -4.34. The second-order valence-corrected chi connectivity index (χ2v) is 6.42. The fourth-order valence-corrected chi connectivity index (χ4v) is 3.01. The topological polar surface area (TPSA) is 116 Å². The first-order chi connectivity index (χ1) is 14.6. The summed E-state index contributed by atoms with van der Waals surface area (Å²) in [6.45, 7) is 0. The van der Waals surface area contributed by atoms with Gasteiger partial charge in [0.2, 0.25) is 5.95 Å². The third kappa shape index (κ3) is 3.65. The Morgan fingerprint density at radius 2 is 1.97 bits per heavy atom. The van der Waals surface area contributed by atoms with Crippen molar-refractivity contribution in [3.05, 3.63) is 70.6 Å². The van der Waals surface area contributed by atoms with Crippen LogP contribution in [0.25, 0.3) is 22.9 Å². The molecule has 4 rings (SSSR count). The van der Waals surface area contributed by atoms with Crippen LogP contribution in [0.2, 0.25) is 5.02 Å². The normalized spacial score (nSPS) is 10.8. The van der Waals surface area contributed by atoms with Crippen molar-refractivity contribution in [3.63, 3.8) is 0 Å². The van der Waals surface area contributed by atoms with Crippen molar-refractivity contribution in [1.29, 1.82) is 10.5 Å². The number of nitriles is 2. The van der Waals surface area contributed by atoms with E-state index >= 15 is 0 Å². The number of fused-ring (bicyclic) bond motifs is 1. The van der Waals surface area contributed by atoms with Gasteiger partial charge in [0, 0.05) is 11.8 Å². The molecule has 0 fully saturated rings. The van der Waals surface area contributed by atoms with Gasteiger partial charge in [-0.05, 0) is 48.0 Å². The number of hydrogen-bond donors (Lipinski definition) is 1. The number of anilines is 2. The van der Waals surface area contributed by atoms with Gasteiger partial charge in [-0.25, -0.2) is 9.37 Å². The molecule has 1 N–H and O–H groups in total. The largest absolute Gasteiger partial charge is 0.324 e. The minimum atomic E-state index is -0.646. The number of benzene rings is 2. The molecular weight excluding hydrogens is 407 g/mol. The first-order valence-corrected chi connectivity index (χ1v) is 8.88. The van der Waals surface area contributed by atoms with Crippen molar-refractivity contribution in [3.8, 4) is 17.8 Å². The van der Waals surface area contributed by atoms with Crippen LogP contribution in [0.15, 0.2) is 48.7 Å². The zero-order chi connectivity index (χ0) is 21.1. The van der Waals surface area contributed by atoms with Gasteiger partial charge in [-0.2, -0.15) is 20.2 Å². The van der Waals surface area contributed by atoms with Gasteiger partial charge >= 0.3 is 0 Å². The molecule has 144 valence electrons. The van der Waals surface area contributed by atoms with Crippen LogP contribution in [-0.2, 0) is 0 Å². The highest BCUT2D eigenvalue weighted by Gasteiger charge is 2.17. The number of nitrogens with zero attached hydrogens (tertiary/aromatic N) is 7. The predicted octanol–water partition coefficient (Wildman–Crippen LogP) is 4.16. The van der Waals surface area contributed by atoms with Gasteiger partial charge in [-0.15, -0.1) is 5.10 Å². The number of aromatic nitrogens is 5. The number of halogens is 2. The van der Waals surface area contributed by atoms with E-state index in [1.165, 1.54) is 35.2 Å². The number of nitrogens with one attached hydrogen (secondary N) is 1. The van der Waals surface area contributed by atoms with Crippen molar-refractivity contribution in [1.82, 2.24) is 25.0 Å². The van der Waals surface area contributed by atoms with E-state index < -0.39 is 5.82 Å². The van der Waals surface area contributed by atoms with E-state index in [1.54, 1.807) is 24.3 Å². The SMILES string of the molecule is N#C/C=C/c1cc(F)c(-n2nnc3cnc(Nc4ccc(C#N)cc4)nc32)c(Cl)c1. The Kier molecular flexibility index (Phi) is 5.04. The second kappa shape index (κ2) is 7.95. The molecule has 10 heteroatoms. The molecular formula is C20H10ClFN8. The molecule has 0 aliphatic heterocycles. The number of allylic oxidation sites excluding steroid dienone is 1. The Balaban J connectivity index is 1.74. The van der Waals surface area contributed by atoms with Gasteiger partial charge < -0.3 is 5.32 Å². The summed E-state index contributed by atoms with van der Waals surface area (Å²) in [4.78, 5) is 8.55. The number of rotatable bonds is 4. The molecule has 0 saturated heterocycles. The van der Waals surface area contributed by atoms with E-state index in [0.717, 1.165) is 0 Å². The number of hydrogen-bond acceptors (Lipinski definition) is 7. The van der Waals surface area contributed by atoms with Gasteiger partial charge in [0.1, 0.15) is 5.69 Å². The lowest BCUT2D eigenvalue weighted by Gasteiger charge is -2.08. The maximum Gasteiger partial charge on any atom is 0.229 e. The van der Waals surface area contributed by atoms with E-state index in [4.69, 9.17) is 22.1 Å². The van der Waals surface area contributed by atoms with Crippen LogP contribution in [-0.4, -0.2) is 25.0 Å². The van der Waals surface area contributed by atoms with Crippen molar-refractivity contribution in [2.24, 2.45) is 0 Å². The highest BCUT2D eigenvalue weighted by Crippen LogP contribution is 2.28. The van der Waals surface area contributed by atoms with E-state index in [0.29, 0.717) is 22.3 Å². The fraction of sp³-hybridized carbons (Fsp3) is 0. The quantitative estimate of drug-likeness (QED) is 0.496. The smallest absolute Gasteiger partial charge is 0.229 e. The molecule has 2 heterocycles. The average Bonchev–Trinajstić information content (AvgIpc) is 3.15. The lowest BCUT2D eigenvalue weighted by Crippen LogP contribution is -2.04. The summed E-state index contributed by atoms with van der Waals surface area (Å²) < 4.78 is 16.0.